The van der Waals surface area contributed by atoms with Crippen LogP contribution >= 0.6 is 23.2 Å². The highest BCUT2D eigenvalue weighted by molar-refractivity contribution is 7.92. The average Bonchev–Trinajstić information content (AvgIpc) is 2.65. The maximum absolute atomic E-state index is 12.7. The molecule has 0 fully saturated rings. The van der Waals surface area contributed by atoms with Crippen molar-refractivity contribution in [3.8, 4) is 0 Å². The van der Waals surface area contributed by atoms with Crippen molar-refractivity contribution in [2.24, 2.45) is 0 Å². The van der Waals surface area contributed by atoms with E-state index in [0.717, 1.165) is 11.1 Å². The van der Waals surface area contributed by atoms with Crippen molar-refractivity contribution >= 4 is 50.5 Å². The standard InChI is InChI=1S/C21H18Cl2N2O3S/c1-13-3-4-14(2)20(11-13)25-29(27,28)17-8-6-16(7-9-17)24-21(26)18-10-5-15(22)12-19(18)23/h3-12,25H,1-2H3,(H,24,26). The van der Waals surface area contributed by atoms with Crippen LogP contribution in [0.2, 0.25) is 10.0 Å². The molecule has 150 valence electrons. The number of nitrogens with one attached hydrogen (secondary N) is 2. The van der Waals surface area contributed by atoms with Gasteiger partial charge in [-0.05, 0) is 73.5 Å². The molecule has 3 aromatic rings. The molecule has 1 amide bonds. The van der Waals surface area contributed by atoms with Crippen LogP contribution in [0.3, 0.4) is 0 Å². The molecule has 3 aromatic carbocycles. The van der Waals surface area contributed by atoms with E-state index in [-0.39, 0.29) is 15.5 Å². The molecule has 2 N–H and O–H groups in total. The summed E-state index contributed by atoms with van der Waals surface area (Å²) in [6, 6.07) is 16.0. The Kier molecular flexibility index (Phi) is 6.17. The molecule has 3 rings (SSSR count). The molecule has 0 spiro atoms. The molecule has 0 bridgehead atoms. The summed E-state index contributed by atoms with van der Waals surface area (Å²) < 4.78 is 27.9. The highest BCUT2D eigenvalue weighted by Gasteiger charge is 2.16. The van der Waals surface area contributed by atoms with Gasteiger partial charge in [-0.2, -0.15) is 0 Å². The summed E-state index contributed by atoms with van der Waals surface area (Å²) >= 11 is 11.9. The topological polar surface area (TPSA) is 75.3 Å². The van der Waals surface area contributed by atoms with Crippen LogP contribution in [0.15, 0.2) is 65.6 Å². The average molecular weight is 449 g/mol. The van der Waals surface area contributed by atoms with Crippen LogP contribution in [-0.2, 0) is 10.0 Å². The summed E-state index contributed by atoms with van der Waals surface area (Å²) in [6.45, 7) is 3.72. The van der Waals surface area contributed by atoms with Gasteiger partial charge < -0.3 is 5.32 Å². The highest BCUT2D eigenvalue weighted by Crippen LogP contribution is 2.24. The van der Waals surface area contributed by atoms with Crippen molar-refractivity contribution in [2.45, 2.75) is 18.7 Å². The zero-order valence-corrected chi connectivity index (χ0v) is 18.0. The van der Waals surface area contributed by atoms with Crippen LogP contribution in [0, 0.1) is 13.8 Å². The second kappa shape index (κ2) is 8.45. The number of aryl methyl sites for hydroxylation is 2. The second-order valence-corrected chi connectivity index (χ2v) is 9.05. The monoisotopic (exact) mass is 448 g/mol. The van der Waals surface area contributed by atoms with Crippen LogP contribution < -0.4 is 10.0 Å². The second-order valence-electron chi connectivity index (χ2n) is 6.53. The Labute approximate surface area is 179 Å². The van der Waals surface area contributed by atoms with Gasteiger partial charge in [0.25, 0.3) is 15.9 Å². The first-order valence-electron chi connectivity index (χ1n) is 8.62. The Morgan fingerprint density at radius 1 is 0.897 bits per heavy atom. The molecule has 0 heterocycles. The van der Waals surface area contributed by atoms with Crippen LogP contribution in [0.1, 0.15) is 21.5 Å². The maximum Gasteiger partial charge on any atom is 0.261 e. The molecule has 8 heteroatoms. The molecule has 29 heavy (non-hydrogen) atoms. The molecule has 5 nitrogen and oxygen atoms in total. The number of carbonyl (C=O) groups is 1. The Hall–Kier alpha value is -2.54. The van der Waals surface area contributed by atoms with Gasteiger partial charge >= 0.3 is 0 Å². The lowest BCUT2D eigenvalue weighted by Crippen LogP contribution is -2.15. The van der Waals surface area contributed by atoms with Crippen LogP contribution in [0.4, 0.5) is 11.4 Å². The van der Waals surface area contributed by atoms with E-state index in [0.29, 0.717) is 16.4 Å². The van der Waals surface area contributed by atoms with E-state index in [4.69, 9.17) is 23.2 Å². The summed E-state index contributed by atoms with van der Waals surface area (Å²) in [5.74, 6) is -0.421. The summed E-state index contributed by atoms with van der Waals surface area (Å²) in [5, 5.41) is 3.34. The van der Waals surface area contributed by atoms with Crippen molar-refractivity contribution in [3.63, 3.8) is 0 Å². The number of hydrogen-bond acceptors (Lipinski definition) is 3. The number of hydrogen-bond donors (Lipinski definition) is 2. The molecule has 0 aromatic heterocycles. The van der Waals surface area contributed by atoms with Gasteiger partial charge in [0.1, 0.15) is 0 Å². The first kappa shape index (κ1) is 21.2. The molecule has 0 saturated carbocycles. The maximum atomic E-state index is 12.7. The third kappa shape index (κ3) is 5.09. The van der Waals surface area contributed by atoms with Crippen molar-refractivity contribution in [2.75, 3.05) is 10.0 Å². The molecule has 0 atom stereocenters. The fraction of sp³-hybridized carbons (Fsp3) is 0.0952. The van der Waals surface area contributed by atoms with E-state index in [9.17, 15) is 13.2 Å². The minimum absolute atomic E-state index is 0.0842. The number of benzene rings is 3. The number of halogens is 2. The van der Waals surface area contributed by atoms with Gasteiger partial charge in [-0.1, -0.05) is 35.3 Å². The number of rotatable bonds is 5. The van der Waals surface area contributed by atoms with E-state index < -0.39 is 15.9 Å². The van der Waals surface area contributed by atoms with Gasteiger partial charge in [0.15, 0.2) is 0 Å². The van der Waals surface area contributed by atoms with Crippen LogP contribution in [0.25, 0.3) is 0 Å². The van der Waals surface area contributed by atoms with Crippen molar-refractivity contribution < 1.29 is 13.2 Å². The molecule has 0 saturated heterocycles. The van der Waals surface area contributed by atoms with Gasteiger partial charge in [0.2, 0.25) is 0 Å². The quantitative estimate of drug-likeness (QED) is 0.528. The summed E-state index contributed by atoms with van der Waals surface area (Å²) in [7, 11) is -3.76. The van der Waals surface area contributed by atoms with Gasteiger partial charge in [0, 0.05) is 10.7 Å². The number of carbonyl (C=O) groups excluding carboxylic acids is 1. The minimum Gasteiger partial charge on any atom is -0.322 e. The van der Waals surface area contributed by atoms with E-state index in [1.165, 1.54) is 36.4 Å². The van der Waals surface area contributed by atoms with Crippen molar-refractivity contribution in [1.82, 2.24) is 0 Å². The fourth-order valence-electron chi connectivity index (χ4n) is 2.64. The molecule has 0 aliphatic carbocycles. The van der Waals surface area contributed by atoms with E-state index in [1.54, 1.807) is 12.1 Å². The van der Waals surface area contributed by atoms with Crippen LogP contribution in [0.5, 0.6) is 0 Å². The van der Waals surface area contributed by atoms with Gasteiger partial charge in [-0.15, -0.1) is 0 Å². The smallest absolute Gasteiger partial charge is 0.261 e. The number of sulfonamides is 1. The predicted molar refractivity (Wildman–Crippen MR) is 118 cm³/mol. The fourth-order valence-corrected chi connectivity index (χ4v) is 4.25. The first-order valence-corrected chi connectivity index (χ1v) is 10.9. The van der Waals surface area contributed by atoms with Crippen LogP contribution in [-0.4, -0.2) is 14.3 Å². The lowest BCUT2D eigenvalue weighted by molar-refractivity contribution is 0.102. The Morgan fingerprint density at radius 2 is 1.59 bits per heavy atom. The van der Waals surface area contributed by atoms with Crippen molar-refractivity contribution in [1.29, 1.82) is 0 Å². The number of anilines is 2. The summed E-state index contributed by atoms with van der Waals surface area (Å²) in [6.07, 6.45) is 0. The normalized spacial score (nSPS) is 11.2. The van der Waals surface area contributed by atoms with Crippen molar-refractivity contribution in [3.05, 3.63) is 87.4 Å². The SMILES string of the molecule is Cc1ccc(C)c(NS(=O)(=O)c2ccc(NC(=O)c3ccc(Cl)cc3Cl)cc2)c1. The molecule has 0 aliphatic heterocycles. The molecular formula is C21H18Cl2N2O3S. The van der Waals surface area contributed by atoms with E-state index >= 15 is 0 Å². The Balaban J connectivity index is 1.77. The third-order valence-corrected chi connectivity index (χ3v) is 6.16. The van der Waals surface area contributed by atoms with Gasteiger partial charge in [0.05, 0.1) is 21.2 Å². The zero-order chi connectivity index (χ0) is 21.2. The lowest BCUT2D eigenvalue weighted by atomic mass is 10.1. The molecule has 0 radical (unpaired) electrons. The zero-order valence-electron chi connectivity index (χ0n) is 15.7. The lowest BCUT2D eigenvalue weighted by Gasteiger charge is -2.12. The predicted octanol–water partition coefficient (Wildman–Crippen LogP) is 5.66. The van der Waals surface area contributed by atoms with E-state index in [1.807, 2.05) is 26.0 Å². The highest BCUT2D eigenvalue weighted by atomic mass is 35.5. The minimum atomic E-state index is -3.76. The summed E-state index contributed by atoms with van der Waals surface area (Å²) in [5.41, 5.74) is 3.01. The first-order chi connectivity index (χ1) is 13.7. The summed E-state index contributed by atoms with van der Waals surface area (Å²) in [4.78, 5) is 12.5. The van der Waals surface area contributed by atoms with Gasteiger partial charge in [-0.3, -0.25) is 9.52 Å². The number of amides is 1. The Morgan fingerprint density at radius 3 is 2.24 bits per heavy atom. The molecule has 0 unspecified atom stereocenters. The largest absolute Gasteiger partial charge is 0.322 e. The third-order valence-electron chi connectivity index (χ3n) is 4.24. The Bertz CT molecular complexity index is 1180. The van der Waals surface area contributed by atoms with Gasteiger partial charge in [-0.25, -0.2) is 8.42 Å². The molecule has 0 aliphatic rings. The van der Waals surface area contributed by atoms with E-state index in [2.05, 4.69) is 10.0 Å². The molecular weight excluding hydrogens is 431 g/mol.